The highest BCUT2D eigenvalue weighted by molar-refractivity contribution is 5.44. The number of para-hydroxylation sites is 1. The van der Waals surface area contributed by atoms with E-state index < -0.39 is 0 Å². The molecule has 0 radical (unpaired) electrons. The van der Waals surface area contributed by atoms with Crippen LogP contribution in [-0.2, 0) is 13.0 Å². The first-order valence-corrected chi connectivity index (χ1v) is 9.41. The van der Waals surface area contributed by atoms with E-state index in [4.69, 9.17) is 14.2 Å². The molecule has 5 rings (SSSR count). The largest absolute Gasteiger partial charge is 0.492 e. The van der Waals surface area contributed by atoms with Crippen LogP contribution in [0.25, 0.3) is 0 Å². The van der Waals surface area contributed by atoms with E-state index in [2.05, 4.69) is 40.1 Å². The van der Waals surface area contributed by atoms with Gasteiger partial charge in [-0.15, -0.1) is 0 Å². The summed E-state index contributed by atoms with van der Waals surface area (Å²) in [5.41, 5.74) is 2.63. The third kappa shape index (κ3) is 3.13. The average molecular weight is 352 g/mol. The minimum atomic E-state index is 0.337. The van der Waals surface area contributed by atoms with E-state index in [9.17, 15) is 0 Å². The Morgan fingerprint density at radius 2 is 1.69 bits per heavy atom. The highest BCUT2D eigenvalue weighted by Gasteiger charge is 2.28. The maximum Gasteiger partial charge on any atom is 0.231 e. The summed E-state index contributed by atoms with van der Waals surface area (Å²) in [6.45, 7) is 6.48. The molecule has 3 aliphatic rings. The lowest BCUT2D eigenvalue weighted by Crippen LogP contribution is -2.53. The summed E-state index contributed by atoms with van der Waals surface area (Å²) in [6, 6.07) is 15.2. The molecule has 0 bridgehead atoms. The van der Waals surface area contributed by atoms with Gasteiger partial charge in [0.05, 0.1) is 0 Å². The number of fused-ring (bicyclic) bond motifs is 2. The fraction of sp³-hybridized carbons (Fsp3) is 0.429. The third-order valence-electron chi connectivity index (χ3n) is 5.63. The zero-order chi connectivity index (χ0) is 17.3. The summed E-state index contributed by atoms with van der Waals surface area (Å²) in [4.78, 5) is 5.11. The molecule has 0 N–H and O–H groups in total. The monoisotopic (exact) mass is 352 g/mol. The average Bonchev–Trinajstić information content (AvgIpc) is 3.16. The highest BCUT2D eigenvalue weighted by atomic mass is 16.7. The van der Waals surface area contributed by atoms with Crippen molar-refractivity contribution in [1.29, 1.82) is 0 Å². The Hall–Kier alpha value is -2.24. The molecule has 3 aliphatic heterocycles. The Kier molecular flexibility index (Phi) is 4.19. The van der Waals surface area contributed by atoms with Gasteiger partial charge < -0.3 is 14.2 Å². The number of ether oxygens (including phenoxy) is 3. The Bertz CT molecular complexity index is 787. The lowest BCUT2D eigenvalue weighted by atomic mass is 10.0. The molecule has 0 unspecified atom stereocenters. The van der Waals surface area contributed by atoms with Crippen molar-refractivity contribution in [2.24, 2.45) is 0 Å². The minimum absolute atomic E-state index is 0.337. The van der Waals surface area contributed by atoms with E-state index in [0.29, 0.717) is 12.8 Å². The van der Waals surface area contributed by atoms with E-state index in [-0.39, 0.29) is 0 Å². The van der Waals surface area contributed by atoms with Gasteiger partial charge in [-0.2, -0.15) is 0 Å². The van der Waals surface area contributed by atoms with Crippen LogP contribution in [0.15, 0.2) is 42.5 Å². The van der Waals surface area contributed by atoms with E-state index in [0.717, 1.165) is 63.0 Å². The molecule has 1 atom stereocenters. The molecule has 0 saturated carbocycles. The van der Waals surface area contributed by atoms with Crippen LogP contribution < -0.4 is 14.2 Å². The van der Waals surface area contributed by atoms with Crippen molar-refractivity contribution in [1.82, 2.24) is 9.80 Å². The summed E-state index contributed by atoms with van der Waals surface area (Å²) in [6.07, 6.45) is 1.10. The molecular weight excluding hydrogens is 328 g/mol. The summed E-state index contributed by atoms with van der Waals surface area (Å²) < 4.78 is 16.9. The smallest absolute Gasteiger partial charge is 0.231 e. The van der Waals surface area contributed by atoms with Crippen LogP contribution >= 0.6 is 0 Å². The highest BCUT2D eigenvalue weighted by Crippen LogP contribution is 2.33. The lowest BCUT2D eigenvalue weighted by molar-refractivity contribution is 0.0607. The van der Waals surface area contributed by atoms with E-state index >= 15 is 0 Å². The second-order valence-electron chi connectivity index (χ2n) is 7.28. The molecule has 5 nitrogen and oxygen atoms in total. The molecule has 0 aromatic heterocycles. The zero-order valence-corrected chi connectivity index (χ0v) is 14.9. The zero-order valence-electron chi connectivity index (χ0n) is 14.9. The molecule has 2 aromatic rings. The van der Waals surface area contributed by atoms with Gasteiger partial charge in [-0.05, 0) is 35.7 Å². The number of benzene rings is 2. The van der Waals surface area contributed by atoms with Crippen molar-refractivity contribution in [2.45, 2.75) is 19.0 Å². The molecule has 0 aliphatic carbocycles. The Balaban J connectivity index is 1.17. The van der Waals surface area contributed by atoms with Crippen molar-refractivity contribution >= 4 is 0 Å². The van der Waals surface area contributed by atoms with Gasteiger partial charge in [-0.25, -0.2) is 0 Å². The normalized spacial score (nSPS) is 22.7. The summed E-state index contributed by atoms with van der Waals surface area (Å²) in [5, 5.41) is 0. The summed E-state index contributed by atoms with van der Waals surface area (Å²) in [7, 11) is 0. The minimum Gasteiger partial charge on any atom is -0.492 e. The van der Waals surface area contributed by atoms with Gasteiger partial charge in [0, 0.05) is 38.8 Å². The first kappa shape index (κ1) is 16.0. The van der Waals surface area contributed by atoms with Crippen LogP contribution in [0, 0.1) is 0 Å². The van der Waals surface area contributed by atoms with Crippen LogP contribution in [0.2, 0.25) is 0 Å². The number of rotatable bonds is 3. The van der Waals surface area contributed by atoms with Gasteiger partial charge >= 0.3 is 0 Å². The van der Waals surface area contributed by atoms with E-state index in [1.54, 1.807) is 0 Å². The van der Waals surface area contributed by atoms with Gasteiger partial charge in [0.15, 0.2) is 11.5 Å². The van der Waals surface area contributed by atoms with Crippen LogP contribution in [0.4, 0.5) is 0 Å². The lowest BCUT2D eigenvalue weighted by Gasteiger charge is -2.40. The van der Waals surface area contributed by atoms with Crippen molar-refractivity contribution in [2.75, 3.05) is 39.6 Å². The first-order valence-electron chi connectivity index (χ1n) is 9.41. The predicted octanol–water partition coefficient (Wildman–Crippen LogP) is 2.54. The van der Waals surface area contributed by atoms with Crippen molar-refractivity contribution in [3.8, 4) is 17.2 Å². The number of nitrogens with zero attached hydrogens (tertiary/aromatic N) is 2. The molecule has 1 saturated heterocycles. The van der Waals surface area contributed by atoms with Gasteiger partial charge in [0.25, 0.3) is 0 Å². The van der Waals surface area contributed by atoms with Crippen molar-refractivity contribution in [3.63, 3.8) is 0 Å². The molecule has 26 heavy (non-hydrogen) atoms. The number of hydrogen-bond donors (Lipinski definition) is 0. The van der Waals surface area contributed by atoms with Gasteiger partial charge in [0.2, 0.25) is 6.79 Å². The van der Waals surface area contributed by atoms with Crippen LogP contribution in [0.1, 0.15) is 11.1 Å². The molecule has 136 valence electrons. The summed E-state index contributed by atoms with van der Waals surface area (Å²) in [5.74, 6) is 2.79. The quantitative estimate of drug-likeness (QED) is 0.848. The van der Waals surface area contributed by atoms with E-state index in [1.807, 2.05) is 12.1 Å². The number of hydrogen-bond acceptors (Lipinski definition) is 5. The van der Waals surface area contributed by atoms with Crippen LogP contribution in [0.5, 0.6) is 17.2 Å². The number of piperazine rings is 1. The van der Waals surface area contributed by atoms with Crippen molar-refractivity contribution < 1.29 is 14.2 Å². The Morgan fingerprint density at radius 3 is 2.62 bits per heavy atom. The molecule has 0 amide bonds. The fourth-order valence-electron chi connectivity index (χ4n) is 4.13. The first-order chi connectivity index (χ1) is 12.8. The van der Waals surface area contributed by atoms with Crippen molar-refractivity contribution in [3.05, 3.63) is 53.6 Å². The third-order valence-corrected chi connectivity index (χ3v) is 5.63. The SMILES string of the molecule is c1ccc2c(c1)C[C@@H](N1CCN(Cc3ccc4c(c3)OCO4)CC1)CO2. The standard InChI is InChI=1S/C21H24N2O3/c1-2-4-19-17(3-1)12-18(14-24-19)23-9-7-22(8-10-23)13-16-5-6-20-21(11-16)26-15-25-20/h1-6,11,18H,7-10,12-15H2/t18-/m1/s1. The van der Waals surface area contributed by atoms with Crippen LogP contribution in [-0.4, -0.2) is 55.4 Å². The maximum atomic E-state index is 5.97. The molecule has 1 fully saturated rings. The molecule has 3 heterocycles. The maximum absolute atomic E-state index is 5.97. The van der Waals surface area contributed by atoms with Gasteiger partial charge in [-0.1, -0.05) is 24.3 Å². The second-order valence-corrected chi connectivity index (χ2v) is 7.28. The molecule has 2 aromatic carbocycles. The Morgan fingerprint density at radius 1 is 0.846 bits per heavy atom. The van der Waals surface area contributed by atoms with E-state index in [1.165, 1.54) is 11.1 Å². The topological polar surface area (TPSA) is 34.2 Å². The Labute approximate surface area is 154 Å². The fourth-order valence-corrected chi connectivity index (χ4v) is 4.13. The second kappa shape index (κ2) is 6.82. The van der Waals surface area contributed by atoms with Gasteiger partial charge in [0.1, 0.15) is 12.4 Å². The van der Waals surface area contributed by atoms with Gasteiger partial charge in [-0.3, -0.25) is 9.80 Å². The van der Waals surface area contributed by atoms with Crippen LogP contribution in [0.3, 0.4) is 0 Å². The predicted molar refractivity (Wildman–Crippen MR) is 98.8 cm³/mol. The summed E-state index contributed by atoms with van der Waals surface area (Å²) >= 11 is 0. The molecular formula is C21H24N2O3. The molecule has 5 heteroatoms. The molecule has 0 spiro atoms.